The van der Waals surface area contributed by atoms with Crippen molar-refractivity contribution in [1.82, 2.24) is 4.90 Å². The van der Waals surface area contributed by atoms with Gasteiger partial charge in [-0.1, -0.05) is 18.9 Å². The van der Waals surface area contributed by atoms with Crippen molar-refractivity contribution in [3.05, 3.63) is 29.3 Å². The summed E-state index contributed by atoms with van der Waals surface area (Å²) in [7, 11) is 0. The molecule has 1 aliphatic carbocycles. The van der Waals surface area contributed by atoms with Gasteiger partial charge in [0.15, 0.2) is 6.61 Å². The van der Waals surface area contributed by atoms with Gasteiger partial charge in [0.2, 0.25) is 11.8 Å². The molecule has 1 aliphatic heterocycles. The number of amides is 3. The highest BCUT2D eigenvalue weighted by Crippen LogP contribution is 2.37. The molecule has 2 atom stereocenters. The van der Waals surface area contributed by atoms with E-state index in [0.717, 1.165) is 28.9 Å². The van der Waals surface area contributed by atoms with Gasteiger partial charge in [-0.15, -0.1) is 0 Å². The molecular formula is C20H24N2O5. The standard InChI is InChI=1S/C20H24N2O5/c1-12-7-8-14(9-13(12)2)21-17(23)11-27-18(24)10-22-19(25)15-5-3-4-6-16(15)20(22)26/h7-9,15-16H,3-6,10-11H2,1-2H3,(H,21,23)/t15-,16-/m1/s1. The lowest BCUT2D eigenvalue weighted by Crippen LogP contribution is -2.37. The minimum atomic E-state index is -0.759. The van der Waals surface area contributed by atoms with Crippen LogP contribution in [0.25, 0.3) is 0 Å². The molecule has 1 aromatic carbocycles. The van der Waals surface area contributed by atoms with Crippen LogP contribution in [0.5, 0.6) is 0 Å². The highest BCUT2D eigenvalue weighted by Gasteiger charge is 2.48. The molecule has 3 amide bonds. The molecule has 0 aromatic heterocycles. The number of carbonyl (C=O) groups is 4. The van der Waals surface area contributed by atoms with Crippen LogP contribution in [-0.4, -0.2) is 41.7 Å². The predicted octanol–water partition coefficient (Wildman–Crippen LogP) is 1.96. The largest absolute Gasteiger partial charge is 0.454 e. The molecule has 0 bridgehead atoms. The van der Waals surface area contributed by atoms with E-state index in [-0.39, 0.29) is 23.7 Å². The van der Waals surface area contributed by atoms with Crippen molar-refractivity contribution in [2.24, 2.45) is 11.8 Å². The summed E-state index contributed by atoms with van der Waals surface area (Å²) in [6.45, 7) is 3.02. The van der Waals surface area contributed by atoms with E-state index in [1.54, 1.807) is 6.07 Å². The monoisotopic (exact) mass is 372 g/mol. The van der Waals surface area contributed by atoms with E-state index in [9.17, 15) is 19.2 Å². The Bertz CT molecular complexity index is 765. The molecule has 1 N–H and O–H groups in total. The quantitative estimate of drug-likeness (QED) is 0.630. The second-order valence-corrected chi connectivity index (χ2v) is 7.27. The van der Waals surface area contributed by atoms with Crippen LogP contribution < -0.4 is 5.32 Å². The van der Waals surface area contributed by atoms with Crippen molar-refractivity contribution in [2.75, 3.05) is 18.5 Å². The van der Waals surface area contributed by atoms with Gasteiger partial charge in [-0.05, 0) is 49.9 Å². The van der Waals surface area contributed by atoms with E-state index >= 15 is 0 Å². The third kappa shape index (κ3) is 4.18. The first-order valence-electron chi connectivity index (χ1n) is 9.25. The molecule has 0 unspecified atom stereocenters. The third-order valence-electron chi connectivity index (χ3n) is 5.37. The summed E-state index contributed by atoms with van der Waals surface area (Å²) in [6.07, 6.45) is 3.24. The van der Waals surface area contributed by atoms with Gasteiger partial charge in [0.25, 0.3) is 5.91 Å². The summed E-state index contributed by atoms with van der Waals surface area (Å²) >= 11 is 0. The molecule has 7 heteroatoms. The number of likely N-dealkylation sites (tertiary alicyclic amines) is 1. The number of nitrogens with zero attached hydrogens (tertiary/aromatic N) is 1. The number of nitrogens with one attached hydrogen (secondary N) is 1. The van der Waals surface area contributed by atoms with Gasteiger partial charge >= 0.3 is 5.97 Å². The zero-order valence-corrected chi connectivity index (χ0v) is 15.6. The summed E-state index contributed by atoms with van der Waals surface area (Å²) in [4.78, 5) is 49.6. The second-order valence-electron chi connectivity index (χ2n) is 7.27. The molecule has 27 heavy (non-hydrogen) atoms. The van der Waals surface area contributed by atoms with Gasteiger partial charge in [0.05, 0.1) is 11.8 Å². The smallest absolute Gasteiger partial charge is 0.326 e. The lowest BCUT2D eigenvalue weighted by atomic mass is 9.81. The van der Waals surface area contributed by atoms with Gasteiger partial charge in [0, 0.05) is 5.69 Å². The maximum atomic E-state index is 12.3. The van der Waals surface area contributed by atoms with Crippen LogP contribution in [0.15, 0.2) is 18.2 Å². The van der Waals surface area contributed by atoms with Crippen LogP contribution in [0.2, 0.25) is 0 Å². The van der Waals surface area contributed by atoms with Crippen molar-refractivity contribution >= 4 is 29.4 Å². The number of benzene rings is 1. The summed E-state index contributed by atoms with van der Waals surface area (Å²) < 4.78 is 4.94. The number of rotatable bonds is 5. The minimum absolute atomic E-state index is 0.291. The van der Waals surface area contributed by atoms with Gasteiger partial charge in [-0.25, -0.2) is 0 Å². The maximum absolute atomic E-state index is 12.3. The first kappa shape index (κ1) is 19.1. The Morgan fingerprint density at radius 3 is 2.30 bits per heavy atom. The van der Waals surface area contributed by atoms with Crippen molar-refractivity contribution in [3.8, 4) is 0 Å². The molecule has 3 rings (SSSR count). The number of ether oxygens (including phenoxy) is 1. The third-order valence-corrected chi connectivity index (χ3v) is 5.37. The molecule has 144 valence electrons. The Morgan fingerprint density at radius 1 is 1.07 bits per heavy atom. The van der Waals surface area contributed by atoms with Crippen molar-refractivity contribution in [2.45, 2.75) is 39.5 Å². The number of anilines is 1. The summed E-state index contributed by atoms with van der Waals surface area (Å²) in [6, 6.07) is 5.49. The maximum Gasteiger partial charge on any atom is 0.326 e. The number of fused-ring (bicyclic) bond motifs is 1. The number of esters is 1. The first-order valence-corrected chi connectivity index (χ1v) is 9.25. The van der Waals surface area contributed by atoms with E-state index in [0.29, 0.717) is 18.5 Å². The number of hydrogen-bond donors (Lipinski definition) is 1. The van der Waals surface area contributed by atoms with E-state index in [4.69, 9.17) is 4.74 Å². The Hall–Kier alpha value is -2.70. The zero-order valence-electron chi connectivity index (χ0n) is 15.6. The molecular weight excluding hydrogens is 348 g/mol. The highest BCUT2D eigenvalue weighted by molar-refractivity contribution is 6.07. The zero-order chi connectivity index (χ0) is 19.6. The van der Waals surface area contributed by atoms with Crippen LogP contribution in [0, 0.1) is 25.7 Å². The van der Waals surface area contributed by atoms with E-state index < -0.39 is 25.0 Å². The summed E-state index contributed by atoms with van der Waals surface area (Å²) in [5.74, 6) is -2.41. The number of carbonyl (C=O) groups excluding carboxylic acids is 4. The van der Waals surface area contributed by atoms with Crippen molar-refractivity contribution < 1.29 is 23.9 Å². The Morgan fingerprint density at radius 2 is 1.70 bits per heavy atom. The minimum Gasteiger partial charge on any atom is -0.454 e. The van der Waals surface area contributed by atoms with Gasteiger partial charge < -0.3 is 10.1 Å². The van der Waals surface area contributed by atoms with Crippen LogP contribution >= 0.6 is 0 Å². The molecule has 0 spiro atoms. The van der Waals surface area contributed by atoms with Crippen molar-refractivity contribution in [3.63, 3.8) is 0 Å². The Labute approximate surface area is 158 Å². The molecule has 1 heterocycles. The number of hydrogen-bond acceptors (Lipinski definition) is 5. The van der Waals surface area contributed by atoms with E-state index in [2.05, 4.69) is 5.32 Å². The fraction of sp³-hybridized carbons (Fsp3) is 0.500. The molecule has 0 radical (unpaired) electrons. The molecule has 7 nitrogen and oxygen atoms in total. The van der Waals surface area contributed by atoms with Gasteiger partial charge in [0.1, 0.15) is 6.54 Å². The van der Waals surface area contributed by atoms with Crippen LogP contribution in [0.3, 0.4) is 0 Å². The Kier molecular flexibility index (Phi) is 5.58. The first-order chi connectivity index (χ1) is 12.9. The van der Waals surface area contributed by atoms with Crippen LogP contribution in [0.1, 0.15) is 36.8 Å². The second kappa shape index (κ2) is 7.90. The molecule has 2 fully saturated rings. The average Bonchev–Trinajstić information content (AvgIpc) is 2.88. The highest BCUT2D eigenvalue weighted by atomic mass is 16.5. The predicted molar refractivity (Wildman–Crippen MR) is 97.7 cm³/mol. The molecule has 2 aliphatic rings. The SMILES string of the molecule is Cc1ccc(NC(=O)COC(=O)CN2C(=O)[C@@H]3CCCC[C@H]3C2=O)cc1C. The molecule has 1 saturated heterocycles. The lowest BCUT2D eigenvalue weighted by molar-refractivity contribution is -0.154. The van der Waals surface area contributed by atoms with Crippen LogP contribution in [0.4, 0.5) is 5.69 Å². The molecule has 1 saturated carbocycles. The fourth-order valence-electron chi connectivity index (χ4n) is 3.72. The van der Waals surface area contributed by atoms with Gasteiger partial charge in [-0.2, -0.15) is 0 Å². The van der Waals surface area contributed by atoms with E-state index in [1.165, 1.54) is 0 Å². The number of aryl methyl sites for hydroxylation is 2. The van der Waals surface area contributed by atoms with Crippen LogP contribution in [-0.2, 0) is 23.9 Å². The number of imide groups is 1. The normalized spacial score (nSPS) is 21.8. The van der Waals surface area contributed by atoms with E-state index in [1.807, 2.05) is 26.0 Å². The Balaban J connectivity index is 1.49. The molecule has 1 aromatic rings. The van der Waals surface area contributed by atoms with Crippen molar-refractivity contribution in [1.29, 1.82) is 0 Å². The summed E-state index contributed by atoms with van der Waals surface area (Å²) in [5, 5.41) is 2.65. The average molecular weight is 372 g/mol. The summed E-state index contributed by atoms with van der Waals surface area (Å²) in [5.41, 5.74) is 2.77. The fourth-order valence-corrected chi connectivity index (χ4v) is 3.72. The van der Waals surface area contributed by atoms with Gasteiger partial charge in [-0.3, -0.25) is 24.1 Å². The lowest BCUT2D eigenvalue weighted by Gasteiger charge is -2.19. The topological polar surface area (TPSA) is 92.8 Å².